The molecule has 1 N–H and O–H groups in total. The van der Waals surface area contributed by atoms with Crippen molar-refractivity contribution in [3.63, 3.8) is 0 Å². The van der Waals surface area contributed by atoms with E-state index in [1.54, 1.807) is 19.1 Å². The number of likely N-dealkylation sites (tertiary alicyclic amines) is 1. The molecule has 3 rings (SSSR count). The number of carbonyl (C=O) groups is 1. The predicted molar refractivity (Wildman–Crippen MR) is 87.1 cm³/mol. The Labute approximate surface area is 140 Å². The van der Waals surface area contributed by atoms with Gasteiger partial charge in [-0.25, -0.2) is 4.39 Å². The molecule has 24 heavy (non-hydrogen) atoms. The molecule has 2 heterocycles. The molecule has 1 amide bonds. The van der Waals surface area contributed by atoms with Gasteiger partial charge in [-0.1, -0.05) is 11.2 Å². The molecule has 1 aromatic heterocycles. The van der Waals surface area contributed by atoms with E-state index in [2.05, 4.69) is 20.4 Å². The molecule has 1 fully saturated rings. The van der Waals surface area contributed by atoms with Gasteiger partial charge in [0.05, 0.1) is 6.04 Å². The fourth-order valence-electron chi connectivity index (χ4n) is 2.99. The van der Waals surface area contributed by atoms with Gasteiger partial charge in [-0.2, -0.15) is 4.98 Å². The average molecular weight is 332 g/mol. The van der Waals surface area contributed by atoms with Crippen molar-refractivity contribution < 1.29 is 13.7 Å². The number of nitrogens with one attached hydrogen (secondary N) is 1. The zero-order chi connectivity index (χ0) is 17.1. The van der Waals surface area contributed by atoms with Crippen molar-refractivity contribution in [2.75, 3.05) is 18.4 Å². The summed E-state index contributed by atoms with van der Waals surface area (Å²) in [6.45, 7) is 5.24. The lowest BCUT2D eigenvalue weighted by Crippen LogP contribution is -2.45. The first-order valence-corrected chi connectivity index (χ1v) is 8.13. The summed E-state index contributed by atoms with van der Waals surface area (Å²) in [5.41, 5.74) is 0.475. The van der Waals surface area contributed by atoms with Crippen LogP contribution in [0.5, 0.6) is 0 Å². The van der Waals surface area contributed by atoms with Crippen LogP contribution in [-0.4, -0.2) is 40.1 Å². The van der Waals surface area contributed by atoms with Gasteiger partial charge in [0, 0.05) is 11.6 Å². The molecule has 0 saturated carbocycles. The van der Waals surface area contributed by atoms with E-state index in [0.29, 0.717) is 17.4 Å². The number of piperidine rings is 1. The molecule has 1 atom stereocenters. The lowest BCUT2D eigenvalue weighted by atomic mass is 9.95. The standard InChI is InChI=1S/C17H21FN4O2/c1-11(16(23)20-15-5-3-4-14(18)10-15)22-8-6-13(7-9-22)17-19-12(2)21-24-17/h3-5,10-11,13H,6-9H2,1-2H3,(H,20,23). The molecule has 0 bridgehead atoms. The Morgan fingerprint density at radius 1 is 1.42 bits per heavy atom. The van der Waals surface area contributed by atoms with Crippen molar-refractivity contribution in [3.05, 3.63) is 41.8 Å². The lowest BCUT2D eigenvalue weighted by molar-refractivity contribution is -0.121. The maximum Gasteiger partial charge on any atom is 0.241 e. The molecule has 0 radical (unpaired) electrons. The highest BCUT2D eigenvalue weighted by atomic mass is 19.1. The Balaban J connectivity index is 1.54. The Morgan fingerprint density at radius 2 is 2.17 bits per heavy atom. The molecule has 0 aliphatic carbocycles. The number of carbonyl (C=O) groups excluding carboxylic acids is 1. The third-order valence-corrected chi connectivity index (χ3v) is 4.44. The lowest BCUT2D eigenvalue weighted by Gasteiger charge is -2.34. The first-order chi connectivity index (χ1) is 11.5. The highest BCUT2D eigenvalue weighted by molar-refractivity contribution is 5.94. The normalized spacial score (nSPS) is 17.6. The molecule has 0 spiro atoms. The van der Waals surface area contributed by atoms with Crippen molar-refractivity contribution in [1.82, 2.24) is 15.0 Å². The molecule has 1 aromatic carbocycles. The van der Waals surface area contributed by atoms with Crippen LogP contribution in [0.15, 0.2) is 28.8 Å². The topological polar surface area (TPSA) is 71.3 Å². The second-order valence-electron chi connectivity index (χ2n) is 6.17. The molecule has 7 heteroatoms. The fourth-order valence-corrected chi connectivity index (χ4v) is 2.99. The Bertz CT molecular complexity index is 710. The van der Waals surface area contributed by atoms with Gasteiger partial charge in [0.2, 0.25) is 11.8 Å². The van der Waals surface area contributed by atoms with Crippen LogP contribution in [0, 0.1) is 12.7 Å². The minimum absolute atomic E-state index is 0.132. The monoisotopic (exact) mass is 332 g/mol. The molecule has 1 aliphatic heterocycles. The number of aromatic nitrogens is 2. The van der Waals surface area contributed by atoms with Crippen LogP contribution in [0.2, 0.25) is 0 Å². The number of anilines is 1. The van der Waals surface area contributed by atoms with Crippen molar-refractivity contribution in [1.29, 1.82) is 0 Å². The van der Waals surface area contributed by atoms with E-state index in [1.807, 2.05) is 6.92 Å². The van der Waals surface area contributed by atoms with Gasteiger partial charge in [-0.05, 0) is 58.0 Å². The van der Waals surface area contributed by atoms with Gasteiger partial charge in [0.15, 0.2) is 5.82 Å². The minimum atomic E-state index is -0.365. The molecular formula is C17H21FN4O2. The third kappa shape index (κ3) is 3.79. The van der Waals surface area contributed by atoms with Crippen LogP contribution in [0.4, 0.5) is 10.1 Å². The molecule has 128 valence electrons. The number of nitrogens with zero attached hydrogens (tertiary/aromatic N) is 3. The first-order valence-electron chi connectivity index (χ1n) is 8.13. The SMILES string of the molecule is Cc1noc(C2CCN(C(C)C(=O)Nc3cccc(F)c3)CC2)n1. The summed E-state index contributed by atoms with van der Waals surface area (Å²) < 4.78 is 18.4. The van der Waals surface area contributed by atoms with Crippen LogP contribution in [0.1, 0.15) is 37.4 Å². The van der Waals surface area contributed by atoms with Gasteiger partial charge in [-0.15, -0.1) is 0 Å². The highest BCUT2D eigenvalue weighted by Crippen LogP contribution is 2.27. The van der Waals surface area contributed by atoms with Gasteiger partial charge >= 0.3 is 0 Å². The van der Waals surface area contributed by atoms with E-state index in [9.17, 15) is 9.18 Å². The number of hydrogen-bond acceptors (Lipinski definition) is 5. The smallest absolute Gasteiger partial charge is 0.241 e. The quantitative estimate of drug-likeness (QED) is 0.932. The summed E-state index contributed by atoms with van der Waals surface area (Å²) in [6.07, 6.45) is 1.75. The van der Waals surface area contributed by atoms with E-state index in [-0.39, 0.29) is 23.7 Å². The predicted octanol–water partition coefficient (Wildman–Crippen LogP) is 2.72. The highest BCUT2D eigenvalue weighted by Gasteiger charge is 2.29. The Hall–Kier alpha value is -2.28. The number of benzene rings is 1. The zero-order valence-corrected chi connectivity index (χ0v) is 13.8. The molecule has 1 unspecified atom stereocenters. The van der Waals surface area contributed by atoms with Crippen molar-refractivity contribution in [2.45, 2.75) is 38.6 Å². The van der Waals surface area contributed by atoms with E-state index in [0.717, 1.165) is 25.9 Å². The summed E-state index contributed by atoms with van der Waals surface area (Å²) >= 11 is 0. The fraction of sp³-hybridized carbons (Fsp3) is 0.471. The van der Waals surface area contributed by atoms with Crippen molar-refractivity contribution in [2.24, 2.45) is 0 Å². The van der Waals surface area contributed by atoms with Gasteiger partial charge in [0.1, 0.15) is 5.82 Å². The van der Waals surface area contributed by atoms with Crippen LogP contribution < -0.4 is 5.32 Å². The van der Waals surface area contributed by atoms with Gasteiger partial charge in [-0.3, -0.25) is 9.69 Å². The minimum Gasteiger partial charge on any atom is -0.339 e. The van der Waals surface area contributed by atoms with Gasteiger partial charge < -0.3 is 9.84 Å². The summed E-state index contributed by atoms with van der Waals surface area (Å²) in [7, 11) is 0. The first kappa shape index (κ1) is 16.6. The number of amides is 1. The summed E-state index contributed by atoms with van der Waals surface area (Å²) in [5.74, 6) is 1.09. The summed E-state index contributed by atoms with van der Waals surface area (Å²) in [6, 6.07) is 5.64. The van der Waals surface area contributed by atoms with Crippen LogP contribution in [0.25, 0.3) is 0 Å². The maximum absolute atomic E-state index is 13.2. The second kappa shape index (κ2) is 7.09. The van der Waals surface area contributed by atoms with Crippen molar-refractivity contribution in [3.8, 4) is 0 Å². The van der Waals surface area contributed by atoms with Crippen LogP contribution in [-0.2, 0) is 4.79 Å². The van der Waals surface area contributed by atoms with E-state index >= 15 is 0 Å². The number of rotatable bonds is 4. The van der Waals surface area contributed by atoms with E-state index in [4.69, 9.17) is 4.52 Å². The third-order valence-electron chi connectivity index (χ3n) is 4.44. The van der Waals surface area contributed by atoms with Gasteiger partial charge in [0.25, 0.3) is 0 Å². The summed E-state index contributed by atoms with van der Waals surface area (Å²) in [4.78, 5) is 18.8. The molecule has 2 aromatic rings. The number of hydrogen-bond donors (Lipinski definition) is 1. The molecule has 1 aliphatic rings. The number of aryl methyl sites for hydroxylation is 1. The van der Waals surface area contributed by atoms with Crippen molar-refractivity contribution >= 4 is 11.6 Å². The van der Waals surface area contributed by atoms with Crippen LogP contribution >= 0.6 is 0 Å². The Morgan fingerprint density at radius 3 is 2.79 bits per heavy atom. The van der Waals surface area contributed by atoms with E-state index < -0.39 is 0 Å². The molecular weight excluding hydrogens is 311 g/mol. The Kier molecular flexibility index (Phi) is 4.89. The zero-order valence-electron chi connectivity index (χ0n) is 13.8. The van der Waals surface area contributed by atoms with E-state index in [1.165, 1.54) is 12.1 Å². The largest absolute Gasteiger partial charge is 0.339 e. The summed E-state index contributed by atoms with van der Waals surface area (Å²) in [5, 5.41) is 6.60. The number of halogens is 1. The molecule has 6 nitrogen and oxygen atoms in total. The van der Waals surface area contributed by atoms with Crippen LogP contribution in [0.3, 0.4) is 0 Å². The maximum atomic E-state index is 13.2. The molecule has 1 saturated heterocycles. The second-order valence-corrected chi connectivity index (χ2v) is 6.17. The average Bonchev–Trinajstić information content (AvgIpc) is 3.01.